The molecule has 0 bridgehead atoms. The molecule has 0 aromatic carbocycles. The topological polar surface area (TPSA) is 101 Å². The number of aromatic nitrogens is 3. The molecule has 0 fully saturated rings. The molecule has 1 N–H and O–H groups in total. The van der Waals surface area contributed by atoms with Gasteiger partial charge in [-0.3, -0.25) is 9.59 Å². The summed E-state index contributed by atoms with van der Waals surface area (Å²) in [6, 6.07) is 0. The molecule has 1 aromatic rings. The van der Waals surface area contributed by atoms with E-state index in [0.717, 1.165) is 0 Å². The van der Waals surface area contributed by atoms with E-state index in [1.807, 2.05) is 28.2 Å². The summed E-state index contributed by atoms with van der Waals surface area (Å²) in [5, 5.41) is 2.93. The largest absolute Gasteiger partial charge is 0.465 e. The SMILES string of the molecule is CCOC(=O)CNC(=O)CSc1nc(N(C)C)nc(N(C)C)n1. The average Bonchev–Trinajstić information content (AvgIpc) is 2.50. The van der Waals surface area contributed by atoms with E-state index in [1.165, 1.54) is 11.8 Å². The monoisotopic (exact) mass is 342 g/mol. The lowest BCUT2D eigenvalue weighted by molar-refractivity contribution is -0.143. The van der Waals surface area contributed by atoms with Gasteiger partial charge in [-0.05, 0) is 6.92 Å². The fraction of sp³-hybridized carbons (Fsp3) is 0.615. The van der Waals surface area contributed by atoms with Crippen molar-refractivity contribution >= 4 is 35.5 Å². The molecular formula is C13H22N6O3S. The van der Waals surface area contributed by atoms with Crippen molar-refractivity contribution in [3.05, 3.63) is 0 Å². The summed E-state index contributed by atoms with van der Waals surface area (Å²) < 4.78 is 4.73. The third kappa shape index (κ3) is 6.68. The Morgan fingerprint density at radius 1 is 1.09 bits per heavy atom. The maximum Gasteiger partial charge on any atom is 0.325 e. The Kier molecular flexibility index (Phi) is 7.52. The van der Waals surface area contributed by atoms with Crippen molar-refractivity contribution in [2.45, 2.75) is 12.1 Å². The molecule has 1 heterocycles. The van der Waals surface area contributed by atoms with E-state index in [0.29, 0.717) is 17.1 Å². The van der Waals surface area contributed by atoms with Gasteiger partial charge in [0.05, 0.1) is 12.4 Å². The average molecular weight is 342 g/mol. The highest BCUT2D eigenvalue weighted by atomic mass is 32.2. The van der Waals surface area contributed by atoms with E-state index < -0.39 is 5.97 Å². The van der Waals surface area contributed by atoms with E-state index in [1.54, 1.807) is 16.7 Å². The first-order valence-corrected chi connectivity index (χ1v) is 7.97. The normalized spacial score (nSPS) is 10.1. The number of hydrogen-bond donors (Lipinski definition) is 1. The molecule has 0 spiro atoms. The van der Waals surface area contributed by atoms with Gasteiger partial charge in [0, 0.05) is 28.2 Å². The predicted molar refractivity (Wildman–Crippen MR) is 88.8 cm³/mol. The van der Waals surface area contributed by atoms with Crippen LogP contribution in [0.25, 0.3) is 0 Å². The molecule has 0 unspecified atom stereocenters. The van der Waals surface area contributed by atoms with Gasteiger partial charge < -0.3 is 19.9 Å². The Morgan fingerprint density at radius 2 is 1.65 bits per heavy atom. The highest BCUT2D eigenvalue weighted by Gasteiger charge is 2.12. The number of nitrogens with one attached hydrogen (secondary N) is 1. The second kappa shape index (κ2) is 9.13. The minimum atomic E-state index is -0.462. The zero-order valence-electron chi connectivity index (χ0n) is 14.0. The number of thioether (sulfide) groups is 1. The fourth-order valence-corrected chi connectivity index (χ4v) is 2.02. The van der Waals surface area contributed by atoms with Crippen LogP contribution in [-0.2, 0) is 14.3 Å². The van der Waals surface area contributed by atoms with Gasteiger partial charge in [-0.25, -0.2) is 0 Å². The standard InChI is InChI=1S/C13H22N6O3S/c1-6-22-10(21)7-14-9(20)8-23-13-16-11(18(2)3)15-12(17-13)19(4)5/h6-8H2,1-5H3,(H,14,20). The number of ether oxygens (including phenoxy) is 1. The van der Waals surface area contributed by atoms with Crippen molar-refractivity contribution in [1.82, 2.24) is 20.3 Å². The Bertz CT molecular complexity index is 526. The van der Waals surface area contributed by atoms with Crippen LogP contribution in [0.2, 0.25) is 0 Å². The van der Waals surface area contributed by atoms with E-state index in [-0.39, 0.29) is 24.8 Å². The number of amides is 1. The van der Waals surface area contributed by atoms with Crippen LogP contribution in [0.4, 0.5) is 11.9 Å². The van der Waals surface area contributed by atoms with Gasteiger partial charge in [0.1, 0.15) is 6.54 Å². The number of carbonyl (C=O) groups excluding carboxylic acids is 2. The smallest absolute Gasteiger partial charge is 0.325 e. The van der Waals surface area contributed by atoms with Crippen molar-refractivity contribution < 1.29 is 14.3 Å². The molecular weight excluding hydrogens is 320 g/mol. The van der Waals surface area contributed by atoms with Crippen LogP contribution in [0.1, 0.15) is 6.92 Å². The molecule has 0 saturated heterocycles. The van der Waals surface area contributed by atoms with Gasteiger partial charge in [-0.2, -0.15) is 15.0 Å². The van der Waals surface area contributed by atoms with E-state index in [2.05, 4.69) is 20.3 Å². The number of nitrogens with zero attached hydrogens (tertiary/aromatic N) is 5. The minimum Gasteiger partial charge on any atom is -0.465 e. The molecule has 128 valence electrons. The molecule has 23 heavy (non-hydrogen) atoms. The Hall–Kier alpha value is -2.10. The van der Waals surface area contributed by atoms with Crippen molar-refractivity contribution in [3.63, 3.8) is 0 Å². The maximum absolute atomic E-state index is 11.7. The Balaban J connectivity index is 2.62. The van der Waals surface area contributed by atoms with Crippen LogP contribution in [0.5, 0.6) is 0 Å². The molecule has 9 nitrogen and oxygen atoms in total. The molecule has 0 radical (unpaired) electrons. The van der Waals surface area contributed by atoms with Crippen LogP contribution in [-0.4, -0.2) is 73.9 Å². The van der Waals surface area contributed by atoms with Crippen molar-refractivity contribution in [3.8, 4) is 0 Å². The summed E-state index contributed by atoms with van der Waals surface area (Å²) >= 11 is 1.18. The molecule has 1 amide bonds. The molecule has 0 aliphatic heterocycles. The third-order valence-electron chi connectivity index (χ3n) is 2.46. The first kappa shape index (κ1) is 18.9. The summed E-state index contributed by atoms with van der Waals surface area (Å²) in [7, 11) is 7.31. The number of hydrogen-bond acceptors (Lipinski definition) is 9. The molecule has 0 saturated carbocycles. The maximum atomic E-state index is 11.7. The van der Waals surface area contributed by atoms with Crippen LogP contribution < -0.4 is 15.1 Å². The quantitative estimate of drug-likeness (QED) is 0.507. The summed E-state index contributed by atoms with van der Waals surface area (Å²) in [5.74, 6) is 0.372. The van der Waals surface area contributed by atoms with Gasteiger partial charge >= 0.3 is 5.97 Å². The van der Waals surface area contributed by atoms with Gasteiger partial charge in [-0.1, -0.05) is 11.8 Å². The zero-order chi connectivity index (χ0) is 17.4. The van der Waals surface area contributed by atoms with Gasteiger partial charge in [0.15, 0.2) is 5.16 Å². The molecule has 0 atom stereocenters. The summed E-state index contributed by atoms with van der Waals surface area (Å²) in [5.41, 5.74) is 0. The lowest BCUT2D eigenvalue weighted by atomic mass is 10.6. The number of esters is 1. The highest BCUT2D eigenvalue weighted by Crippen LogP contribution is 2.18. The third-order valence-corrected chi connectivity index (χ3v) is 3.31. The van der Waals surface area contributed by atoms with E-state index in [9.17, 15) is 9.59 Å². The van der Waals surface area contributed by atoms with Crippen LogP contribution in [0.3, 0.4) is 0 Å². The predicted octanol–water partition coefficient (Wildman–Crippen LogP) is -0.225. The number of rotatable bonds is 8. The van der Waals surface area contributed by atoms with Gasteiger partial charge in [0.25, 0.3) is 0 Å². The molecule has 1 rings (SSSR count). The zero-order valence-corrected chi connectivity index (χ0v) is 14.8. The van der Waals surface area contributed by atoms with E-state index in [4.69, 9.17) is 4.74 Å². The highest BCUT2D eigenvalue weighted by molar-refractivity contribution is 7.99. The first-order chi connectivity index (χ1) is 10.8. The van der Waals surface area contributed by atoms with Gasteiger partial charge in [0.2, 0.25) is 17.8 Å². The second-order valence-corrected chi connectivity index (χ2v) is 5.82. The second-order valence-electron chi connectivity index (χ2n) is 4.88. The number of carbonyl (C=O) groups is 2. The van der Waals surface area contributed by atoms with E-state index >= 15 is 0 Å². The lowest BCUT2D eigenvalue weighted by Crippen LogP contribution is -2.31. The lowest BCUT2D eigenvalue weighted by Gasteiger charge is -2.15. The summed E-state index contributed by atoms with van der Waals surface area (Å²) in [6.45, 7) is 1.85. The molecule has 10 heteroatoms. The van der Waals surface area contributed by atoms with Crippen molar-refractivity contribution in [1.29, 1.82) is 0 Å². The number of anilines is 2. The minimum absolute atomic E-state index is 0.100. The Morgan fingerprint density at radius 3 is 2.13 bits per heavy atom. The van der Waals surface area contributed by atoms with Crippen LogP contribution in [0.15, 0.2) is 5.16 Å². The van der Waals surface area contributed by atoms with Crippen molar-refractivity contribution in [2.75, 3.05) is 56.9 Å². The van der Waals surface area contributed by atoms with Crippen molar-refractivity contribution in [2.24, 2.45) is 0 Å². The summed E-state index contributed by atoms with van der Waals surface area (Å²) in [4.78, 5) is 39.3. The van der Waals surface area contributed by atoms with Crippen LogP contribution in [0, 0.1) is 0 Å². The molecule has 1 aromatic heterocycles. The summed E-state index contributed by atoms with van der Waals surface area (Å²) in [6.07, 6.45) is 0. The molecule has 0 aliphatic rings. The first-order valence-electron chi connectivity index (χ1n) is 6.99. The fourth-order valence-electron chi connectivity index (χ4n) is 1.36. The Labute approximate surface area is 139 Å². The van der Waals surface area contributed by atoms with Gasteiger partial charge in [-0.15, -0.1) is 0 Å². The van der Waals surface area contributed by atoms with Crippen LogP contribution >= 0.6 is 11.8 Å². The molecule has 0 aliphatic carbocycles.